The Hall–Kier alpha value is -10.9. The van der Waals surface area contributed by atoms with E-state index in [1.807, 2.05) is 109 Å². The van der Waals surface area contributed by atoms with Gasteiger partial charge < -0.3 is 18.0 Å². The highest BCUT2D eigenvalue weighted by atomic mass is 16.3. The van der Waals surface area contributed by atoms with Crippen LogP contribution in [0.3, 0.4) is 0 Å². The van der Waals surface area contributed by atoms with Crippen LogP contribution in [-0.4, -0.2) is 24.1 Å². The third-order valence-corrected chi connectivity index (χ3v) is 15.4. The van der Waals surface area contributed by atoms with Crippen molar-refractivity contribution in [2.75, 3.05) is 0 Å². The van der Waals surface area contributed by atoms with Crippen LogP contribution in [0.1, 0.15) is 5.56 Å². The number of benzene rings is 11. The van der Waals surface area contributed by atoms with Gasteiger partial charge in [0.15, 0.2) is 17.5 Å². The van der Waals surface area contributed by atoms with Crippen molar-refractivity contribution in [2.45, 2.75) is 0 Å². The molecule has 0 aliphatic rings. The number of hydrogen-bond acceptors (Lipinski definition) is 6. The highest BCUT2D eigenvalue weighted by molar-refractivity contribution is 6.25. The minimum atomic E-state index is 0.534. The fourth-order valence-corrected chi connectivity index (χ4v) is 12.0. The number of hydrogen-bond donors (Lipinski definition) is 0. The number of aromatic nitrogens is 5. The second-order valence-electron chi connectivity index (χ2n) is 19.7. The van der Waals surface area contributed by atoms with Crippen molar-refractivity contribution in [1.29, 1.82) is 5.26 Å². The second-order valence-corrected chi connectivity index (χ2v) is 19.7. The minimum absolute atomic E-state index is 0.534. The maximum Gasteiger partial charge on any atom is 0.164 e. The van der Waals surface area contributed by atoms with Crippen LogP contribution < -0.4 is 0 Å². The normalized spacial score (nSPS) is 11.8. The quantitative estimate of drug-likeness (QED) is 0.158. The number of para-hydroxylation sites is 4. The molecular weight excluding hydrogens is 957 g/mol. The Morgan fingerprint density at radius 1 is 0.321 bits per heavy atom. The predicted molar refractivity (Wildman–Crippen MR) is 315 cm³/mol. The lowest BCUT2D eigenvalue weighted by molar-refractivity contribution is 0.672. The fraction of sp³-hybridized carbons (Fsp3) is 0. The van der Waals surface area contributed by atoms with Crippen LogP contribution in [0, 0.1) is 11.3 Å². The summed E-state index contributed by atoms with van der Waals surface area (Å²) >= 11 is 0. The van der Waals surface area contributed by atoms with Gasteiger partial charge in [0.2, 0.25) is 0 Å². The summed E-state index contributed by atoms with van der Waals surface area (Å²) in [4.78, 5) is 15.6. The average Bonchev–Trinajstić information content (AvgIpc) is 4.47. The van der Waals surface area contributed by atoms with Crippen molar-refractivity contribution >= 4 is 87.5 Å². The molecule has 16 rings (SSSR count). The molecule has 0 unspecified atom stereocenters. The third-order valence-electron chi connectivity index (χ3n) is 15.4. The Balaban J connectivity index is 1.04. The number of furan rings is 2. The highest BCUT2D eigenvalue weighted by Gasteiger charge is 2.26. The molecule has 11 aromatic carbocycles. The molecule has 0 atom stereocenters. The summed E-state index contributed by atoms with van der Waals surface area (Å²) < 4.78 is 18.4. The van der Waals surface area contributed by atoms with E-state index < -0.39 is 0 Å². The van der Waals surface area contributed by atoms with E-state index in [1.54, 1.807) is 0 Å². The summed E-state index contributed by atoms with van der Waals surface area (Å²) in [5.74, 6) is 1.68. The van der Waals surface area contributed by atoms with Gasteiger partial charge in [-0.05, 0) is 90.0 Å². The Morgan fingerprint density at radius 2 is 0.795 bits per heavy atom. The molecule has 78 heavy (non-hydrogen) atoms. The molecule has 5 aromatic heterocycles. The number of nitrogens with zero attached hydrogens (tertiary/aromatic N) is 6. The van der Waals surface area contributed by atoms with Crippen LogP contribution in [-0.2, 0) is 0 Å². The van der Waals surface area contributed by atoms with Crippen molar-refractivity contribution in [3.05, 3.63) is 248 Å². The van der Waals surface area contributed by atoms with Gasteiger partial charge in [-0.3, -0.25) is 0 Å². The lowest BCUT2D eigenvalue weighted by atomic mass is 9.93. The summed E-state index contributed by atoms with van der Waals surface area (Å²) in [6.07, 6.45) is 0. The first-order chi connectivity index (χ1) is 38.6. The molecule has 0 N–H and O–H groups in total. The molecule has 8 heteroatoms. The second kappa shape index (κ2) is 17.1. The highest BCUT2D eigenvalue weighted by Crippen LogP contribution is 2.47. The lowest BCUT2D eigenvalue weighted by Crippen LogP contribution is -2.04. The van der Waals surface area contributed by atoms with Gasteiger partial charge in [0.05, 0.1) is 55.8 Å². The summed E-state index contributed by atoms with van der Waals surface area (Å²) in [6.45, 7) is 0. The molecule has 0 fully saturated rings. The monoisotopic (exact) mass is 996 g/mol. The summed E-state index contributed by atoms with van der Waals surface area (Å²) in [6, 6.07) is 86.1. The van der Waals surface area contributed by atoms with E-state index in [0.29, 0.717) is 23.0 Å². The van der Waals surface area contributed by atoms with Crippen LogP contribution in [0.15, 0.2) is 251 Å². The zero-order chi connectivity index (χ0) is 51.4. The van der Waals surface area contributed by atoms with Crippen LogP contribution >= 0.6 is 0 Å². The van der Waals surface area contributed by atoms with E-state index in [0.717, 1.165) is 138 Å². The van der Waals surface area contributed by atoms with E-state index in [4.69, 9.17) is 23.8 Å². The lowest BCUT2D eigenvalue weighted by Gasteiger charge is -2.21. The molecule has 0 saturated heterocycles. The molecule has 0 aliphatic carbocycles. The number of nitriles is 1. The van der Waals surface area contributed by atoms with Crippen LogP contribution in [0.5, 0.6) is 0 Å². The van der Waals surface area contributed by atoms with Gasteiger partial charge in [0, 0.05) is 60.1 Å². The van der Waals surface area contributed by atoms with Crippen molar-refractivity contribution in [1.82, 2.24) is 24.1 Å². The molecule has 362 valence electrons. The Labute approximate surface area is 445 Å². The van der Waals surface area contributed by atoms with E-state index in [-0.39, 0.29) is 0 Å². The maximum atomic E-state index is 10.6. The van der Waals surface area contributed by atoms with Crippen molar-refractivity contribution < 1.29 is 8.83 Å². The van der Waals surface area contributed by atoms with Gasteiger partial charge in [0.1, 0.15) is 22.3 Å². The average molecular weight is 997 g/mol. The molecule has 0 spiro atoms. The number of fused-ring (bicyclic) bond motifs is 14. The molecule has 16 aromatic rings. The SMILES string of the molecule is N#Cc1ccccc1-c1ccc(-c2cc(-c3nc(-c4ccccc4)nc(-c4ccccc4)n3)ccc2-n2c3ccccc3c3c4oc5ccccc5c4ccc32)c(-n2c3ccccc3c3c4oc5ccccc5c4ccc32)c1. The molecule has 0 radical (unpaired) electrons. The van der Waals surface area contributed by atoms with E-state index in [9.17, 15) is 5.26 Å². The largest absolute Gasteiger partial charge is 0.455 e. The van der Waals surface area contributed by atoms with Crippen molar-refractivity contribution in [3.63, 3.8) is 0 Å². The van der Waals surface area contributed by atoms with Gasteiger partial charge in [-0.25, -0.2) is 15.0 Å². The maximum absolute atomic E-state index is 10.6. The molecule has 8 nitrogen and oxygen atoms in total. The Kier molecular flexibility index (Phi) is 9.53. The van der Waals surface area contributed by atoms with Gasteiger partial charge in [-0.15, -0.1) is 0 Å². The Bertz CT molecular complexity index is 5120. The van der Waals surface area contributed by atoms with Crippen LogP contribution in [0.2, 0.25) is 0 Å². The van der Waals surface area contributed by atoms with Crippen molar-refractivity contribution in [2.24, 2.45) is 0 Å². The van der Waals surface area contributed by atoms with E-state index in [2.05, 4.69) is 149 Å². The van der Waals surface area contributed by atoms with E-state index in [1.165, 1.54) is 0 Å². The van der Waals surface area contributed by atoms with Crippen molar-refractivity contribution in [3.8, 4) is 73.9 Å². The number of rotatable bonds is 7. The summed E-state index contributed by atoms with van der Waals surface area (Å²) in [5.41, 5.74) is 16.0. The first kappa shape index (κ1) is 43.5. The summed E-state index contributed by atoms with van der Waals surface area (Å²) in [5, 5.41) is 19.0. The molecular formula is C70H40N6O2. The minimum Gasteiger partial charge on any atom is -0.455 e. The van der Waals surface area contributed by atoms with Gasteiger partial charge in [-0.1, -0.05) is 164 Å². The third kappa shape index (κ3) is 6.55. The summed E-state index contributed by atoms with van der Waals surface area (Å²) in [7, 11) is 0. The van der Waals surface area contributed by atoms with Gasteiger partial charge in [-0.2, -0.15) is 5.26 Å². The van der Waals surface area contributed by atoms with Gasteiger partial charge >= 0.3 is 0 Å². The van der Waals surface area contributed by atoms with E-state index >= 15 is 0 Å². The molecule has 0 aliphatic heterocycles. The molecule has 5 heterocycles. The predicted octanol–water partition coefficient (Wildman–Crippen LogP) is 18.1. The first-order valence-electron chi connectivity index (χ1n) is 26.0. The Morgan fingerprint density at radius 3 is 1.37 bits per heavy atom. The fourth-order valence-electron chi connectivity index (χ4n) is 12.0. The molecule has 0 bridgehead atoms. The first-order valence-corrected chi connectivity index (χ1v) is 26.0. The molecule has 0 saturated carbocycles. The van der Waals surface area contributed by atoms with Crippen LogP contribution in [0.4, 0.5) is 0 Å². The smallest absolute Gasteiger partial charge is 0.164 e. The van der Waals surface area contributed by atoms with Crippen LogP contribution in [0.25, 0.3) is 155 Å². The zero-order valence-electron chi connectivity index (χ0n) is 41.6. The molecule has 0 amide bonds. The standard InChI is InChI=1S/C70H40N6O2/c71-41-46-21-7-8-22-47(46)44-31-33-48(61(40-44)76-57-28-14-10-26-54(57)65-60(76)38-35-52-50-24-12-16-30-63(50)78-67(52)65)55-39-45(70-73-68(42-17-3-1-4-18-42)72-69(74-70)43-19-5-2-6-20-43)32-36-58(55)75-56-27-13-9-25-53(56)64-59(75)37-34-51-49-23-11-15-29-62(49)77-66(51)64/h1-40H. The zero-order valence-corrected chi connectivity index (χ0v) is 41.6. The van der Waals surface area contributed by atoms with Gasteiger partial charge in [0.25, 0.3) is 0 Å². The topological polar surface area (TPSA) is 98.6 Å².